The van der Waals surface area contributed by atoms with Crippen LogP contribution >= 0.6 is 0 Å². The third-order valence-corrected chi connectivity index (χ3v) is 1.87. The number of nitrogens with two attached hydrogens (primary N) is 1. The maximum Gasteiger partial charge on any atom is 0.387 e. The number of anilines is 1. The molecule has 0 radical (unpaired) electrons. The zero-order valence-electron chi connectivity index (χ0n) is 8.33. The molecular formula is C10H8F2N2O2. The molecule has 1 rings (SSSR count). The van der Waals surface area contributed by atoms with Crippen LogP contribution in [0, 0.1) is 11.3 Å². The largest absolute Gasteiger partial charge is 0.433 e. The highest BCUT2D eigenvalue weighted by molar-refractivity contribution is 5.97. The number of Topliss-reactive ketones (excluding diaryl/α,β-unsaturated/α-hetero) is 1. The van der Waals surface area contributed by atoms with Crippen molar-refractivity contribution in [3.63, 3.8) is 0 Å². The number of ketones is 1. The van der Waals surface area contributed by atoms with Gasteiger partial charge in [0.05, 0.1) is 17.3 Å². The third-order valence-electron chi connectivity index (χ3n) is 1.87. The fourth-order valence-electron chi connectivity index (χ4n) is 1.18. The van der Waals surface area contributed by atoms with Crippen molar-refractivity contribution in [3.8, 4) is 11.8 Å². The molecule has 0 aromatic heterocycles. The van der Waals surface area contributed by atoms with Crippen LogP contribution in [0.25, 0.3) is 0 Å². The Labute approximate surface area is 90.2 Å². The lowest BCUT2D eigenvalue weighted by atomic mass is 10.0. The second-order valence-corrected chi connectivity index (χ2v) is 2.98. The Morgan fingerprint density at radius 3 is 2.62 bits per heavy atom. The maximum atomic E-state index is 12.0. The summed E-state index contributed by atoms with van der Waals surface area (Å²) >= 11 is 0. The van der Waals surface area contributed by atoms with Crippen LogP contribution in [0.5, 0.6) is 5.75 Å². The van der Waals surface area contributed by atoms with E-state index in [-0.39, 0.29) is 22.6 Å². The molecule has 1 aromatic carbocycles. The molecule has 0 amide bonds. The summed E-state index contributed by atoms with van der Waals surface area (Å²) in [5.41, 5.74) is 5.32. The van der Waals surface area contributed by atoms with E-state index in [2.05, 4.69) is 4.74 Å². The van der Waals surface area contributed by atoms with Gasteiger partial charge in [-0.25, -0.2) is 0 Å². The molecule has 0 spiro atoms. The summed E-state index contributed by atoms with van der Waals surface area (Å²) < 4.78 is 28.1. The van der Waals surface area contributed by atoms with Crippen molar-refractivity contribution < 1.29 is 18.3 Å². The highest BCUT2D eigenvalue weighted by Gasteiger charge is 2.14. The minimum atomic E-state index is -3.03. The molecule has 0 heterocycles. The number of carbonyl (C=O) groups excluding carboxylic acids is 1. The van der Waals surface area contributed by atoms with Crippen molar-refractivity contribution in [2.75, 3.05) is 5.73 Å². The van der Waals surface area contributed by atoms with Gasteiger partial charge >= 0.3 is 6.61 Å². The minimum absolute atomic E-state index is 0.00681. The van der Waals surface area contributed by atoms with Gasteiger partial charge in [-0.05, 0) is 19.1 Å². The lowest BCUT2D eigenvalue weighted by Gasteiger charge is -2.09. The van der Waals surface area contributed by atoms with Gasteiger partial charge in [0.15, 0.2) is 5.78 Å². The Hall–Kier alpha value is -2.16. The number of nitrogens with zero attached hydrogens (tertiary/aromatic N) is 1. The Bertz CT molecular complexity index is 467. The number of rotatable bonds is 3. The summed E-state index contributed by atoms with van der Waals surface area (Å²) in [6.45, 7) is -1.81. The zero-order valence-corrected chi connectivity index (χ0v) is 8.33. The summed E-state index contributed by atoms with van der Waals surface area (Å²) in [7, 11) is 0. The smallest absolute Gasteiger partial charge is 0.387 e. The van der Waals surface area contributed by atoms with E-state index in [1.807, 2.05) is 0 Å². The number of ether oxygens (including phenoxy) is 1. The van der Waals surface area contributed by atoms with Gasteiger partial charge in [-0.1, -0.05) is 0 Å². The van der Waals surface area contributed by atoms with Crippen molar-refractivity contribution in [1.82, 2.24) is 0 Å². The molecule has 0 atom stereocenters. The molecule has 0 aliphatic rings. The van der Waals surface area contributed by atoms with Gasteiger partial charge in [-0.2, -0.15) is 14.0 Å². The Kier molecular flexibility index (Phi) is 3.40. The highest BCUT2D eigenvalue weighted by atomic mass is 19.3. The lowest BCUT2D eigenvalue weighted by Crippen LogP contribution is -2.07. The monoisotopic (exact) mass is 226 g/mol. The number of halogens is 2. The first kappa shape index (κ1) is 11.9. The standard InChI is InChI=1S/C10H8F2N2O2/c1-5(15)7-3-9(16-10(11)12)8(14)2-6(7)4-13/h2-3,10H,14H2,1H3. The quantitative estimate of drug-likeness (QED) is 0.631. The zero-order chi connectivity index (χ0) is 12.3. The van der Waals surface area contributed by atoms with Gasteiger partial charge in [0.25, 0.3) is 0 Å². The lowest BCUT2D eigenvalue weighted by molar-refractivity contribution is -0.0493. The molecule has 16 heavy (non-hydrogen) atoms. The SMILES string of the molecule is CC(=O)c1cc(OC(F)F)c(N)cc1C#N. The molecule has 0 fully saturated rings. The molecule has 6 heteroatoms. The molecule has 0 aliphatic carbocycles. The van der Waals surface area contributed by atoms with Crippen molar-refractivity contribution in [1.29, 1.82) is 5.26 Å². The normalized spacial score (nSPS) is 9.94. The van der Waals surface area contributed by atoms with E-state index < -0.39 is 12.4 Å². The number of nitriles is 1. The average Bonchev–Trinajstić information content (AvgIpc) is 2.19. The van der Waals surface area contributed by atoms with Crippen LogP contribution in [0.2, 0.25) is 0 Å². The molecule has 0 aliphatic heterocycles. The number of benzene rings is 1. The summed E-state index contributed by atoms with van der Waals surface area (Å²) in [4.78, 5) is 11.1. The van der Waals surface area contributed by atoms with Crippen LogP contribution in [0.3, 0.4) is 0 Å². The first-order chi connectivity index (χ1) is 7.45. The van der Waals surface area contributed by atoms with E-state index in [4.69, 9.17) is 11.0 Å². The summed E-state index contributed by atoms with van der Waals surface area (Å²) in [5.74, 6) is -0.727. The predicted molar refractivity (Wildman–Crippen MR) is 52.2 cm³/mol. The molecule has 4 nitrogen and oxygen atoms in total. The molecule has 2 N–H and O–H groups in total. The van der Waals surface area contributed by atoms with Crippen molar-refractivity contribution >= 4 is 11.5 Å². The fourth-order valence-corrected chi connectivity index (χ4v) is 1.18. The summed E-state index contributed by atoms with van der Waals surface area (Å²) in [6, 6.07) is 3.93. The summed E-state index contributed by atoms with van der Waals surface area (Å²) in [6.07, 6.45) is 0. The van der Waals surface area contributed by atoms with Crippen LogP contribution in [0.15, 0.2) is 12.1 Å². The van der Waals surface area contributed by atoms with Crippen LogP contribution < -0.4 is 10.5 Å². The van der Waals surface area contributed by atoms with Crippen LogP contribution in [0.1, 0.15) is 22.8 Å². The second-order valence-electron chi connectivity index (χ2n) is 2.98. The first-order valence-corrected chi connectivity index (χ1v) is 4.25. The average molecular weight is 226 g/mol. The maximum absolute atomic E-state index is 12.0. The van der Waals surface area contributed by atoms with Gasteiger partial charge < -0.3 is 10.5 Å². The Balaban J connectivity index is 3.29. The molecule has 84 valence electrons. The number of hydrogen-bond acceptors (Lipinski definition) is 4. The Morgan fingerprint density at radius 2 is 2.19 bits per heavy atom. The molecule has 0 bridgehead atoms. The second kappa shape index (κ2) is 4.57. The Morgan fingerprint density at radius 1 is 1.56 bits per heavy atom. The first-order valence-electron chi connectivity index (χ1n) is 4.25. The van der Waals surface area contributed by atoms with Gasteiger partial charge in [0, 0.05) is 5.56 Å². The highest BCUT2D eigenvalue weighted by Crippen LogP contribution is 2.27. The van der Waals surface area contributed by atoms with Gasteiger partial charge in [0.1, 0.15) is 5.75 Å². The van der Waals surface area contributed by atoms with Gasteiger partial charge in [0.2, 0.25) is 0 Å². The fraction of sp³-hybridized carbons (Fsp3) is 0.200. The molecule has 0 saturated heterocycles. The van der Waals surface area contributed by atoms with Crippen molar-refractivity contribution in [2.24, 2.45) is 0 Å². The number of nitrogen functional groups attached to an aromatic ring is 1. The van der Waals surface area contributed by atoms with E-state index in [9.17, 15) is 13.6 Å². The number of alkyl halides is 2. The third kappa shape index (κ3) is 2.45. The minimum Gasteiger partial charge on any atom is -0.433 e. The number of carbonyl (C=O) groups is 1. The van der Waals surface area contributed by atoms with Crippen molar-refractivity contribution in [3.05, 3.63) is 23.3 Å². The van der Waals surface area contributed by atoms with Crippen LogP contribution in [0.4, 0.5) is 14.5 Å². The molecule has 0 unspecified atom stereocenters. The van der Waals surface area contributed by atoms with E-state index in [0.717, 1.165) is 12.1 Å². The summed E-state index contributed by atoms with van der Waals surface area (Å²) in [5, 5.41) is 8.72. The van der Waals surface area contributed by atoms with Crippen molar-refractivity contribution in [2.45, 2.75) is 13.5 Å². The molecule has 0 saturated carbocycles. The van der Waals surface area contributed by atoms with Crippen LogP contribution in [-0.2, 0) is 0 Å². The topological polar surface area (TPSA) is 76.1 Å². The predicted octanol–water partition coefficient (Wildman–Crippen LogP) is 1.94. The molecule has 1 aromatic rings. The number of hydrogen-bond donors (Lipinski definition) is 1. The van der Waals surface area contributed by atoms with E-state index in [0.29, 0.717) is 0 Å². The van der Waals surface area contributed by atoms with E-state index >= 15 is 0 Å². The van der Waals surface area contributed by atoms with E-state index in [1.165, 1.54) is 6.92 Å². The van der Waals surface area contributed by atoms with Gasteiger partial charge in [-0.3, -0.25) is 4.79 Å². The van der Waals surface area contributed by atoms with Gasteiger partial charge in [-0.15, -0.1) is 0 Å². The van der Waals surface area contributed by atoms with Crippen LogP contribution in [-0.4, -0.2) is 12.4 Å². The molecular weight excluding hydrogens is 218 g/mol. The van der Waals surface area contributed by atoms with E-state index in [1.54, 1.807) is 6.07 Å².